The molecule has 1 unspecified atom stereocenters. The molecule has 6 nitrogen and oxygen atoms in total. The van der Waals surface area contributed by atoms with Gasteiger partial charge in [0.25, 0.3) is 0 Å². The highest BCUT2D eigenvalue weighted by Gasteiger charge is 2.23. The molecule has 6 heteroatoms. The minimum atomic E-state index is -0.237. The monoisotopic (exact) mass is 370 g/mol. The predicted molar refractivity (Wildman–Crippen MR) is 106 cm³/mol. The SMILES string of the molecule is Cc1noc(C)c1C(C)C(=O)NCCN1CCN(Cc2ccccc2)CC1. The van der Waals surface area contributed by atoms with Crippen molar-refractivity contribution in [2.45, 2.75) is 33.2 Å². The van der Waals surface area contributed by atoms with Gasteiger partial charge in [0.05, 0.1) is 11.6 Å². The second-order valence-electron chi connectivity index (χ2n) is 7.35. The Morgan fingerprint density at radius 3 is 2.44 bits per heavy atom. The van der Waals surface area contributed by atoms with Crippen LogP contribution in [0.25, 0.3) is 0 Å². The second kappa shape index (κ2) is 9.15. The Morgan fingerprint density at radius 1 is 1.15 bits per heavy atom. The molecule has 2 aromatic rings. The number of rotatable bonds is 7. The fraction of sp³-hybridized carbons (Fsp3) is 0.524. The van der Waals surface area contributed by atoms with E-state index in [4.69, 9.17) is 4.52 Å². The summed E-state index contributed by atoms with van der Waals surface area (Å²) in [6.45, 7) is 12.4. The third-order valence-electron chi connectivity index (χ3n) is 5.36. The van der Waals surface area contributed by atoms with Gasteiger partial charge < -0.3 is 9.84 Å². The lowest BCUT2D eigenvalue weighted by Crippen LogP contribution is -2.48. The fourth-order valence-electron chi connectivity index (χ4n) is 3.74. The largest absolute Gasteiger partial charge is 0.361 e. The number of nitrogens with zero attached hydrogens (tertiary/aromatic N) is 3. The third kappa shape index (κ3) is 5.17. The predicted octanol–water partition coefficient (Wildman–Crippen LogP) is 2.33. The lowest BCUT2D eigenvalue weighted by Gasteiger charge is -2.34. The van der Waals surface area contributed by atoms with Gasteiger partial charge in [-0.25, -0.2) is 0 Å². The average Bonchev–Trinajstić information content (AvgIpc) is 3.01. The van der Waals surface area contributed by atoms with Crippen LogP contribution in [0.1, 0.15) is 35.4 Å². The molecule has 0 aliphatic carbocycles. The summed E-state index contributed by atoms with van der Waals surface area (Å²) in [6.07, 6.45) is 0. The lowest BCUT2D eigenvalue weighted by molar-refractivity contribution is -0.122. The van der Waals surface area contributed by atoms with Gasteiger partial charge in [0.1, 0.15) is 5.76 Å². The molecule has 0 bridgehead atoms. The van der Waals surface area contributed by atoms with Crippen molar-refractivity contribution in [2.24, 2.45) is 0 Å². The maximum atomic E-state index is 12.4. The van der Waals surface area contributed by atoms with E-state index in [9.17, 15) is 4.79 Å². The number of hydrogen-bond acceptors (Lipinski definition) is 5. The first-order valence-electron chi connectivity index (χ1n) is 9.73. The van der Waals surface area contributed by atoms with Crippen LogP contribution in [0.5, 0.6) is 0 Å². The minimum absolute atomic E-state index is 0.0344. The number of nitrogens with one attached hydrogen (secondary N) is 1. The molecule has 27 heavy (non-hydrogen) atoms. The maximum Gasteiger partial charge on any atom is 0.227 e. The van der Waals surface area contributed by atoms with Gasteiger partial charge in [-0.1, -0.05) is 35.5 Å². The zero-order valence-corrected chi connectivity index (χ0v) is 16.6. The number of benzene rings is 1. The molecule has 1 saturated heterocycles. The van der Waals surface area contributed by atoms with Gasteiger partial charge in [0.2, 0.25) is 5.91 Å². The van der Waals surface area contributed by atoms with E-state index in [2.05, 4.69) is 50.6 Å². The normalized spacial score (nSPS) is 17.0. The van der Waals surface area contributed by atoms with Gasteiger partial charge >= 0.3 is 0 Å². The first-order chi connectivity index (χ1) is 13.0. The Kier molecular flexibility index (Phi) is 6.63. The molecule has 2 heterocycles. The van der Waals surface area contributed by atoms with Crippen LogP contribution in [0.15, 0.2) is 34.9 Å². The summed E-state index contributed by atoms with van der Waals surface area (Å²) < 4.78 is 5.18. The van der Waals surface area contributed by atoms with Gasteiger partial charge in [0.15, 0.2) is 0 Å². The van der Waals surface area contributed by atoms with Crippen molar-refractivity contribution < 1.29 is 9.32 Å². The van der Waals surface area contributed by atoms with Crippen molar-refractivity contribution in [3.05, 3.63) is 52.9 Å². The number of hydrogen-bond donors (Lipinski definition) is 1. The molecule has 0 radical (unpaired) electrons. The highest BCUT2D eigenvalue weighted by atomic mass is 16.5. The molecule has 1 N–H and O–H groups in total. The van der Waals surface area contributed by atoms with E-state index in [0.29, 0.717) is 6.54 Å². The molecule has 0 spiro atoms. The van der Waals surface area contributed by atoms with Crippen LogP contribution in [0.2, 0.25) is 0 Å². The summed E-state index contributed by atoms with van der Waals surface area (Å²) in [7, 11) is 0. The van der Waals surface area contributed by atoms with Gasteiger partial charge in [-0.3, -0.25) is 14.6 Å². The van der Waals surface area contributed by atoms with Crippen LogP contribution in [0, 0.1) is 13.8 Å². The number of piperazine rings is 1. The van der Waals surface area contributed by atoms with Crippen LogP contribution in [-0.2, 0) is 11.3 Å². The first-order valence-corrected chi connectivity index (χ1v) is 9.73. The molecule has 1 atom stereocenters. The summed E-state index contributed by atoms with van der Waals surface area (Å²) in [5.74, 6) is 0.524. The Labute approximate surface area is 161 Å². The summed E-state index contributed by atoms with van der Waals surface area (Å²) in [6, 6.07) is 10.6. The van der Waals surface area contributed by atoms with Gasteiger partial charge in [-0.05, 0) is 26.3 Å². The van der Waals surface area contributed by atoms with Crippen LogP contribution in [0.3, 0.4) is 0 Å². The molecule has 1 aliphatic rings. The van der Waals surface area contributed by atoms with Gasteiger partial charge in [-0.2, -0.15) is 0 Å². The van der Waals surface area contributed by atoms with Crippen molar-refractivity contribution in [1.29, 1.82) is 0 Å². The second-order valence-corrected chi connectivity index (χ2v) is 7.35. The minimum Gasteiger partial charge on any atom is -0.361 e. The van der Waals surface area contributed by atoms with E-state index in [0.717, 1.165) is 56.3 Å². The van der Waals surface area contributed by atoms with Crippen molar-refractivity contribution in [2.75, 3.05) is 39.3 Å². The van der Waals surface area contributed by atoms with Crippen molar-refractivity contribution in [3.63, 3.8) is 0 Å². The van der Waals surface area contributed by atoms with Gasteiger partial charge in [0, 0.05) is 51.4 Å². The number of amides is 1. The molecule has 3 rings (SSSR count). The maximum absolute atomic E-state index is 12.4. The van der Waals surface area contributed by atoms with Crippen LogP contribution in [-0.4, -0.2) is 60.1 Å². The van der Waals surface area contributed by atoms with Crippen LogP contribution < -0.4 is 5.32 Å². The number of aromatic nitrogens is 1. The highest BCUT2D eigenvalue weighted by Crippen LogP contribution is 2.23. The molecule has 1 aromatic heterocycles. The average molecular weight is 370 g/mol. The Hall–Kier alpha value is -2.18. The fourth-order valence-corrected chi connectivity index (χ4v) is 3.74. The van der Waals surface area contributed by atoms with E-state index >= 15 is 0 Å². The molecule has 1 aromatic carbocycles. The van der Waals surface area contributed by atoms with Crippen LogP contribution in [0.4, 0.5) is 0 Å². The van der Waals surface area contributed by atoms with E-state index in [1.165, 1.54) is 5.56 Å². The molecular weight excluding hydrogens is 340 g/mol. The zero-order chi connectivity index (χ0) is 19.2. The molecular formula is C21H30N4O2. The molecule has 1 aliphatic heterocycles. The van der Waals surface area contributed by atoms with E-state index in [1.54, 1.807) is 0 Å². The third-order valence-corrected chi connectivity index (χ3v) is 5.36. The first kappa shape index (κ1) is 19.6. The Balaban J connectivity index is 1.37. The lowest BCUT2D eigenvalue weighted by atomic mass is 9.99. The number of carbonyl (C=O) groups is 1. The standard InChI is InChI=1S/C21H30N4O2/c1-16(20-17(2)23-27-18(20)3)21(26)22-9-10-24-11-13-25(14-12-24)15-19-7-5-4-6-8-19/h4-8,16H,9-15H2,1-3H3,(H,22,26). The smallest absolute Gasteiger partial charge is 0.227 e. The van der Waals surface area contributed by atoms with Gasteiger partial charge in [-0.15, -0.1) is 0 Å². The Morgan fingerprint density at radius 2 is 1.81 bits per heavy atom. The number of carbonyl (C=O) groups excluding carboxylic acids is 1. The van der Waals surface area contributed by atoms with Crippen LogP contribution >= 0.6 is 0 Å². The highest BCUT2D eigenvalue weighted by molar-refractivity contribution is 5.83. The van der Waals surface area contributed by atoms with Crippen molar-refractivity contribution in [3.8, 4) is 0 Å². The summed E-state index contributed by atoms with van der Waals surface area (Å²) in [4.78, 5) is 17.3. The molecule has 1 fully saturated rings. The van der Waals surface area contributed by atoms with Crippen molar-refractivity contribution >= 4 is 5.91 Å². The Bertz CT molecular complexity index is 716. The molecule has 0 saturated carbocycles. The topological polar surface area (TPSA) is 61.6 Å². The van der Waals surface area contributed by atoms with E-state index < -0.39 is 0 Å². The summed E-state index contributed by atoms with van der Waals surface area (Å²) >= 11 is 0. The van der Waals surface area contributed by atoms with Crippen molar-refractivity contribution in [1.82, 2.24) is 20.3 Å². The van der Waals surface area contributed by atoms with E-state index in [1.807, 2.05) is 20.8 Å². The molecule has 1 amide bonds. The number of aryl methyl sites for hydroxylation is 2. The summed E-state index contributed by atoms with van der Waals surface area (Å²) in [5.41, 5.74) is 3.07. The summed E-state index contributed by atoms with van der Waals surface area (Å²) in [5, 5.41) is 7.00. The molecule has 146 valence electrons. The zero-order valence-electron chi connectivity index (χ0n) is 16.6. The van der Waals surface area contributed by atoms with E-state index in [-0.39, 0.29) is 11.8 Å². The quantitative estimate of drug-likeness (QED) is 0.811.